The second kappa shape index (κ2) is 8.61. The molecule has 0 aromatic carbocycles. The Balaban J connectivity index is 2.27. The number of ether oxygens (including phenoxy) is 2. The van der Waals surface area contributed by atoms with E-state index in [9.17, 15) is 14.4 Å². The lowest BCUT2D eigenvalue weighted by atomic mass is 10.0. The third kappa shape index (κ3) is 4.29. The van der Waals surface area contributed by atoms with Gasteiger partial charge >= 0.3 is 11.9 Å². The molecule has 2 heterocycles. The molecule has 0 fully saturated rings. The van der Waals surface area contributed by atoms with Crippen LogP contribution in [0.2, 0.25) is 0 Å². The molecule has 0 radical (unpaired) electrons. The van der Waals surface area contributed by atoms with Crippen molar-refractivity contribution in [2.45, 2.75) is 40.3 Å². The van der Waals surface area contributed by atoms with E-state index in [1.165, 1.54) is 16.8 Å². The molecule has 0 unspecified atom stereocenters. The first-order chi connectivity index (χ1) is 12.4. The summed E-state index contributed by atoms with van der Waals surface area (Å²) in [5.41, 5.74) is 0.413. The number of nitrogens with one attached hydrogen (secondary N) is 2. The maximum absolute atomic E-state index is 12.2. The molecular weight excluding hydrogens is 340 g/mol. The minimum atomic E-state index is -0.560. The van der Waals surface area contributed by atoms with E-state index in [2.05, 4.69) is 15.4 Å². The van der Waals surface area contributed by atoms with E-state index in [0.717, 1.165) is 0 Å². The summed E-state index contributed by atoms with van der Waals surface area (Å²) in [4.78, 5) is 40.6. The minimum absolute atomic E-state index is 0.00114. The molecule has 0 bridgehead atoms. The second-order valence-electron chi connectivity index (χ2n) is 6.01. The molecular formula is C17H24N4O5. The van der Waals surface area contributed by atoms with E-state index >= 15 is 0 Å². The zero-order valence-electron chi connectivity index (χ0n) is 15.4. The molecule has 0 saturated heterocycles. The van der Waals surface area contributed by atoms with Gasteiger partial charge in [0.1, 0.15) is 11.6 Å². The Morgan fingerprint density at radius 2 is 1.96 bits per heavy atom. The number of esters is 2. The van der Waals surface area contributed by atoms with Gasteiger partial charge in [0.2, 0.25) is 0 Å². The molecule has 0 aliphatic rings. The van der Waals surface area contributed by atoms with E-state index in [4.69, 9.17) is 9.47 Å². The zero-order chi connectivity index (χ0) is 19.3. The molecule has 2 rings (SSSR count). The predicted octanol–water partition coefficient (Wildman–Crippen LogP) is 0.877. The van der Waals surface area contributed by atoms with Crippen LogP contribution in [0, 0.1) is 5.92 Å². The van der Waals surface area contributed by atoms with Gasteiger partial charge in [0.05, 0.1) is 18.9 Å². The van der Waals surface area contributed by atoms with Crippen molar-refractivity contribution in [3.8, 4) is 0 Å². The van der Waals surface area contributed by atoms with Crippen molar-refractivity contribution in [3.05, 3.63) is 33.9 Å². The maximum atomic E-state index is 12.2. The molecule has 0 aliphatic carbocycles. The molecule has 0 saturated carbocycles. The van der Waals surface area contributed by atoms with Gasteiger partial charge in [-0.3, -0.25) is 20.0 Å². The molecule has 1 atom stereocenters. The van der Waals surface area contributed by atoms with Gasteiger partial charge in [0.25, 0.3) is 5.56 Å². The summed E-state index contributed by atoms with van der Waals surface area (Å²) in [6.45, 7) is 7.92. The number of fused-ring (bicyclic) bond motifs is 1. The highest BCUT2D eigenvalue weighted by atomic mass is 16.5. The van der Waals surface area contributed by atoms with Crippen LogP contribution in [0.5, 0.6) is 0 Å². The summed E-state index contributed by atoms with van der Waals surface area (Å²) in [5.74, 6) is -0.912. The van der Waals surface area contributed by atoms with Crippen molar-refractivity contribution >= 4 is 17.6 Å². The number of nitrogens with zero attached hydrogens (tertiary/aromatic N) is 2. The van der Waals surface area contributed by atoms with Gasteiger partial charge in [-0.1, -0.05) is 13.8 Å². The normalized spacial score (nSPS) is 12.3. The first-order valence-corrected chi connectivity index (χ1v) is 8.56. The van der Waals surface area contributed by atoms with Crippen LogP contribution in [-0.2, 0) is 20.8 Å². The van der Waals surface area contributed by atoms with E-state index < -0.39 is 12.0 Å². The quantitative estimate of drug-likeness (QED) is 0.668. The SMILES string of the molecule is CCOC(=O)c1c[nH]n2c(=O)cc(CN[C@@H](C(=O)OCC)C(C)C)nc12. The largest absolute Gasteiger partial charge is 0.465 e. The zero-order valence-corrected chi connectivity index (χ0v) is 15.4. The van der Waals surface area contributed by atoms with Crippen molar-refractivity contribution in [3.63, 3.8) is 0 Å². The van der Waals surface area contributed by atoms with Crippen molar-refractivity contribution in [2.75, 3.05) is 13.2 Å². The molecule has 9 heteroatoms. The Hall–Kier alpha value is -2.68. The highest BCUT2D eigenvalue weighted by Crippen LogP contribution is 2.10. The van der Waals surface area contributed by atoms with Gasteiger partial charge < -0.3 is 9.47 Å². The van der Waals surface area contributed by atoms with Crippen LogP contribution in [0.4, 0.5) is 0 Å². The van der Waals surface area contributed by atoms with Crippen LogP contribution in [0.3, 0.4) is 0 Å². The molecule has 26 heavy (non-hydrogen) atoms. The van der Waals surface area contributed by atoms with Gasteiger partial charge in [-0.15, -0.1) is 0 Å². The monoisotopic (exact) mass is 364 g/mol. The Kier molecular flexibility index (Phi) is 6.51. The summed E-state index contributed by atoms with van der Waals surface area (Å²) in [6.07, 6.45) is 1.38. The van der Waals surface area contributed by atoms with Crippen molar-refractivity contribution in [1.82, 2.24) is 19.9 Å². The number of carbonyl (C=O) groups is 2. The number of aromatic nitrogens is 3. The highest BCUT2D eigenvalue weighted by Gasteiger charge is 2.23. The van der Waals surface area contributed by atoms with Crippen molar-refractivity contribution < 1.29 is 19.1 Å². The lowest BCUT2D eigenvalue weighted by Crippen LogP contribution is -2.42. The summed E-state index contributed by atoms with van der Waals surface area (Å²) in [6, 6.07) is 0.819. The Bertz CT molecular complexity index is 839. The Labute approximate surface area is 150 Å². The predicted molar refractivity (Wildman–Crippen MR) is 93.9 cm³/mol. The number of hydrogen-bond donors (Lipinski definition) is 2. The van der Waals surface area contributed by atoms with Crippen molar-refractivity contribution in [2.24, 2.45) is 5.92 Å². The average molecular weight is 364 g/mol. The number of carbonyl (C=O) groups excluding carboxylic acids is 2. The molecule has 2 aromatic rings. The van der Waals surface area contributed by atoms with Gasteiger partial charge in [-0.25, -0.2) is 14.3 Å². The fourth-order valence-corrected chi connectivity index (χ4v) is 2.52. The van der Waals surface area contributed by atoms with E-state index in [1.54, 1.807) is 13.8 Å². The van der Waals surface area contributed by atoms with Crippen LogP contribution in [0.25, 0.3) is 5.65 Å². The minimum Gasteiger partial charge on any atom is -0.465 e. The molecule has 142 valence electrons. The van der Waals surface area contributed by atoms with E-state index in [-0.39, 0.29) is 41.8 Å². The van der Waals surface area contributed by atoms with Crippen LogP contribution in [0.15, 0.2) is 17.1 Å². The smallest absolute Gasteiger partial charge is 0.343 e. The Morgan fingerprint density at radius 3 is 2.58 bits per heavy atom. The molecule has 0 aliphatic heterocycles. The molecule has 2 aromatic heterocycles. The molecule has 0 spiro atoms. The maximum Gasteiger partial charge on any atom is 0.343 e. The Morgan fingerprint density at radius 1 is 1.27 bits per heavy atom. The number of aromatic amines is 1. The topological polar surface area (TPSA) is 115 Å². The third-order valence-electron chi connectivity index (χ3n) is 3.76. The second-order valence-corrected chi connectivity index (χ2v) is 6.01. The summed E-state index contributed by atoms with van der Waals surface area (Å²) in [5, 5.41) is 5.75. The summed E-state index contributed by atoms with van der Waals surface area (Å²) >= 11 is 0. The van der Waals surface area contributed by atoms with Crippen LogP contribution in [0.1, 0.15) is 43.7 Å². The number of rotatable bonds is 8. The lowest BCUT2D eigenvalue weighted by molar-refractivity contribution is -0.146. The fourth-order valence-electron chi connectivity index (χ4n) is 2.52. The van der Waals surface area contributed by atoms with Gasteiger partial charge in [0.15, 0.2) is 5.65 Å². The molecule has 9 nitrogen and oxygen atoms in total. The lowest BCUT2D eigenvalue weighted by Gasteiger charge is -2.20. The van der Waals surface area contributed by atoms with Crippen LogP contribution in [-0.4, -0.2) is 45.8 Å². The number of H-pyrrole nitrogens is 1. The first-order valence-electron chi connectivity index (χ1n) is 8.56. The van der Waals surface area contributed by atoms with Crippen LogP contribution >= 0.6 is 0 Å². The molecule has 0 amide bonds. The third-order valence-corrected chi connectivity index (χ3v) is 3.76. The van der Waals surface area contributed by atoms with Crippen molar-refractivity contribution in [1.29, 1.82) is 0 Å². The number of hydrogen-bond acceptors (Lipinski definition) is 7. The summed E-state index contributed by atoms with van der Waals surface area (Å²) in [7, 11) is 0. The van der Waals surface area contributed by atoms with Gasteiger partial charge in [-0.2, -0.15) is 0 Å². The first kappa shape index (κ1) is 19.6. The summed E-state index contributed by atoms with van der Waals surface area (Å²) < 4.78 is 11.2. The van der Waals surface area contributed by atoms with E-state index in [1.807, 2.05) is 13.8 Å². The van der Waals surface area contributed by atoms with Crippen LogP contribution < -0.4 is 10.9 Å². The molecule has 2 N–H and O–H groups in total. The highest BCUT2D eigenvalue weighted by molar-refractivity contribution is 5.95. The van der Waals surface area contributed by atoms with Gasteiger partial charge in [-0.05, 0) is 19.8 Å². The van der Waals surface area contributed by atoms with E-state index in [0.29, 0.717) is 12.3 Å². The standard InChI is InChI=1S/C17H24N4O5/c1-5-25-16(23)12-9-19-21-13(22)7-11(20-15(12)21)8-18-14(10(3)4)17(24)26-6-2/h7,9-10,14,18-19H,5-6,8H2,1-4H3/t14-/m1/s1. The van der Waals surface area contributed by atoms with Gasteiger partial charge in [0, 0.05) is 18.8 Å². The average Bonchev–Trinajstić information content (AvgIpc) is 2.99. The fraction of sp³-hybridized carbons (Fsp3) is 0.529.